The zero-order chi connectivity index (χ0) is 26.1. The van der Waals surface area contributed by atoms with Gasteiger partial charge in [-0.25, -0.2) is 15.2 Å². The van der Waals surface area contributed by atoms with E-state index in [1.807, 2.05) is 30.3 Å². The van der Waals surface area contributed by atoms with Gasteiger partial charge in [-0.15, -0.1) is 0 Å². The highest BCUT2D eigenvalue weighted by Gasteiger charge is 2.16. The molecule has 1 amide bonds. The Labute approximate surface area is 222 Å². The molecule has 37 heavy (non-hydrogen) atoms. The van der Waals surface area contributed by atoms with Crippen LogP contribution in [0.4, 0.5) is 0 Å². The van der Waals surface area contributed by atoms with Crippen molar-refractivity contribution >= 4 is 62.6 Å². The van der Waals surface area contributed by atoms with Crippen LogP contribution in [0, 0.1) is 0 Å². The third-order valence-electron chi connectivity index (χ3n) is 6.10. The summed E-state index contributed by atoms with van der Waals surface area (Å²) < 4.78 is 2.10. The lowest BCUT2D eigenvalue weighted by Crippen LogP contribution is -2.20. The molecule has 5 rings (SSSR count). The highest BCUT2D eigenvalue weighted by atomic mass is 35.5. The summed E-state index contributed by atoms with van der Waals surface area (Å²) in [6.45, 7) is 2.21. The van der Waals surface area contributed by atoms with E-state index in [1.165, 1.54) is 12.1 Å². The second kappa shape index (κ2) is 10.0. The van der Waals surface area contributed by atoms with Gasteiger partial charge in [-0.1, -0.05) is 53.5 Å². The maximum absolute atomic E-state index is 12.9. The van der Waals surface area contributed by atoms with Gasteiger partial charge in [-0.2, -0.15) is 5.10 Å². The first-order chi connectivity index (χ1) is 17.8. The molecule has 9 heteroatoms. The number of nitrogens with zero attached hydrogens (tertiary/aromatic N) is 3. The monoisotopic (exact) mass is 530 g/mol. The number of para-hydroxylation sites is 1. The van der Waals surface area contributed by atoms with E-state index in [0.717, 1.165) is 27.4 Å². The van der Waals surface area contributed by atoms with Crippen molar-refractivity contribution in [2.75, 3.05) is 0 Å². The molecule has 0 bridgehead atoms. The summed E-state index contributed by atoms with van der Waals surface area (Å²) in [5, 5.41) is 16.3. The number of carboxylic acid groups (broad SMARTS) is 1. The standard InChI is InChI=1S/C28H20Cl2N4O3/c1-16(17-6-8-18(9-7-17)28(36)37)32-33-27(35)24-13-22-21-4-2-3-5-25(21)34(26(22)14-31-24)15-19-12-20(29)10-11-23(19)30/h2-14H,15H2,1H3,(H,33,35)(H,36,37)/b32-16+. The van der Waals surface area contributed by atoms with E-state index in [1.54, 1.807) is 43.5 Å². The number of nitrogens with one attached hydrogen (secondary N) is 1. The average molecular weight is 531 g/mol. The molecule has 0 fully saturated rings. The highest BCUT2D eigenvalue weighted by Crippen LogP contribution is 2.31. The summed E-state index contributed by atoms with van der Waals surface area (Å²) >= 11 is 12.6. The molecule has 7 nitrogen and oxygen atoms in total. The van der Waals surface area contributed by atoms with Gasteiger partial charge in [0.1, 0.15) is 5.69 Å². The fourth-order valence-corrected chi connectivity index (χ4v) is 4.56. The predicted octanol–water partition coefficient (Wildman–Crippen LogP) is 6.40. The first-order valence-corrected chi connectivity index (χ1v) is 12.1. The van der Waals surface area contributed by atoms with Gasteiger partial charge in [0.15, 0.2) is 0 Å². The van der Waals surface area contributed by atoms with E-state index < -0.39 is 11.9 Å². The fraction of sp³-hybridized carbons (Fsp3) is 0.0714. The molecule has 2 N–H and O–H groups in total. The Balaban J connectivity index is 1.46. The molecule has 0 spiro atoms. The molecule has 0 saturated carbocycles. The number of carboxylic acids is 1. The number of rotatable bonds is 6. The van der Waals surface area contributed by atoms with Crippen molar-refractivity contribution in [1.82, 2.24) is 15.0 Å². The molecule has 0 saturated heterocycles. The van der Waals surface area contributed by atoms with E-state index in [2.05, 4.69) is 20.1 Å². The quantitative estimate of drug-likeness (QED) is 0.196. The van der Waals surface area contributed by atoms with Gasteiger partial charge in [0.2, 0.25) is 0 Å². The van der Waals surface area contributed by atoms with E-state index in [4.69, 9.17) is 28.3 Å². The zero-order valence-electron chi connectivity index (χ0n) is 19.6. The van der Waals surface area contributed by atoms with Crippen molar-refractivity contribution in [2.24, 2.45) is 5.10 Å². The molecule has 3 aromatic carbocycles. The minimum atomic E-state index is -1.01. The summed E-state index contributed by atoms with van der Waals surface area (Å²) in [5.41, 5.74) is 6.86. The number of benzene rings is 3. The average Bonchev–Trinajstić information content (AvgIpc) is 3.22. The normalized spacial score (nSPS) is 11.7. The third kappa shape index (κ3) is 4.91. The Bertz CT molecular complexity index is 1710. The Hall–Kier alpha value is -4.20. The number of hydrazone groups is 1. The van der Waals surface area contributed by atoms with Crippen molar-refractivity contribution in [3.63, 3.8) is 0 Å². The molecule has 0 aliphatic heterocycles. The van der Waals surface area contributed by atoms with Crippen molar-refractivity contribution in [3.8, 4) is 0 Å². The summed E-state index contributed by atoms with van der Waals surface area (Å²) in [6.07, 6.45) is 1.67. The maximum atomic E-state index is 12.9. The first kappa shape index (κ1) is 24.5. The Morgan fingerprint density at radius 3 is 2.43 bits per heavy atom. The number of hydrogen-bond donors (Lipinski definition) is 2. The number of aromatic carboxylic acids is 1. The van der Waals surface area contributed by atoms with Crippen molar-refractivity contribution in [1.29, 1.82) is 0 Å². The van der Waals surface area contributed by atoms with Crippen LogP contribution in [0.2, 0.25) is 10.0 Å². The molecular weight excluding hydrogens is 511 g/mol. The van der Waals surface area contributed by atoms with Crippen LogP contribution in [0.15, 0.2) is 84.1 Å². The predicted molar refractivity (Wildman–Crippen MR) is 146 cm³/mol. The lowest BCUT2D eigenvalue weighted by molar-refractivity contribution is 0.0696. The van der Waals surface area contributed by atoms with E-state index in [9.17, 15) is 9.59 Å². The Kier molecular flexibility index (Phi) is 6.65. The second-order valence-corrected chi connectivity index (χ2v) is 9.29. The zero-order valence-corrected chi connectivity index (χ0v) is 21.1. The van der Waals surface area contributed by atoms with Gasteiger partial charge in [-0.05, 0) is 60.5 Å². The molecule has 184 valence electrons. The molecule has 0 unspecified atom stereocenters. The minimum absolute atomic E-state index is 0.176. The number of carbonyl (C=O) groups is 2. The number of pyridine rings is 1. The number of carbonyl (C=O) groups excluding carboxylic acids is 1. The summed E-state index contributed by atoms with van der Waals surface area (Å²) in [4.78, 5) is 28.3. The lowest BCUT2D eigenvalue weighted by Gasteiger charge is -2.10. The number of hydrogen-bond acceptors (Lipinski definition) is 4. The SMILES string of the molecule is C/C(=N\NC(=O)c1cc2c3ccccc3n(Cc3cc(Cl)ccc3Cl)c2cn1)c1ccc(C(=O)O)cc1. The number of fused-ring (bicyclic) bond motifs is 3. The van der Waals surface area contributed by atoms with Crippen LogP contribution >= 0.6 is 23.2 Å². The van der Waals surface area contributed by atoms with Gasteiger partial charge in [0, 0.05) is 32.9 Å². The molecule has 0 radical (unpaired) electrons. The molecule has 0 atom stereocenters. The van der Waals surface area contributed by atoms with Gasteiger partial charge in [-0.3, -0.25) is 4.79 Å². The van der Waals surface area contributed by atoms with E-state index >= 15 is 0 Å². The topological polar surface area (TPSA) is 96.6 Å². The lowest BCUT2D eigenvalue weighted by atomic mass is 10.1. The summed E-state index contributed by atoms with van der Waals surface area (Å²) in [6, 6.07) is 21.3. The first-order valence-electron chi connectivity index (χ1n) is 11.3. The van der Waals surface area contributed by atoms with Crippen LogP contribution in [0.25, 0.3) is 21.8 Å². The molecule has 5 aromatic rings. The van der Waals surface area contributed by atoms with Crippen molar-refractivity contribution < 1.29 is 14.7 Å². The molecule has 0 aliphatic rings. The fourth-order valence-electron chi connectivity index (χ4n) is 4.19. The number of halogens is 2. The Morgan fingerprint density at radius 1 is 0.946 bits per heavy atom. The second-order valence-electron chi connectivity index (χ2n) is 8.45. The summed E-state index contributed by atoms with van der Waals surface area (Å²) in [5.74, 6) is -1.47. The van der Waals surface area contributed by atoms with Gasteiger partial charge in [0.25, 0.3) is 5.91 Å². The smallest absolute Gasteiger partial charge is 0.335 e. The minimum Gasteiger partial charge on any atom is -0.478 e. The third-order valence-corrected chi connectivity index (χ3v) is 6.71. The molecule has 0 aliphatic carbocycles. The molecule has 2 heterocycles. The van der Waals surface area contributed by atoms with Gasteiger partial charge >= 0.3 is 5.97 Å². The van der Waals surface area contributed by atoms with Crippen LogP contribution in [0.3, 0.4) is 0 Å². The number of aromatic nitrogens is 2. The highest BCUT2D eigenvalue weighted by molar-refractivity contribution is 6.33. The summed E-state index contributed by atoms with van der Waals surface area (Å²) in [7, 11) is 0. The number of amides is 1. The largest absolute Gasteiger partial charge is 0.478 e. The van der Waals surface area contributed by atoms with Crippen LogP contribution in [0.1, 0.15) is 38.9 Å². The van der Waals surface area contributed by atoms with Crippen LogP contribution in [-0.2, 0) is 6.54 Å². The van der Waals surface area contributed by atoms with Crippen LogP contribution in [-0.4, -0.2) is 32.2 Å². The van der Waals surface area contributed by atoms with E-state index in [-0.39, 0.29) is 11.3 Å². The van der Waals surface area contributed by atoms with Crippen LogP contribution < -0.4 is 5.43 Å². The maximum Gasteiger partial charge on any atom is 0.335 e. The Morgan fingerprint density at radius 2 is 1.68 bits per heavy atom. The molecular formula is C28H20Cl2N4O3. The van der Waals surface area contributed by atoms with Gasteiger partial charge < -0.3 is 9.67 Å². The van der Waals surface area contributed by atoms with Gasteiger partial charge in [0.05, 0.1) is 23.0 Å². The van der Waals surface area contributed by atoms with Crippen molar-refractivity contribution in [2.45, 2.75) is 13.5 Å². The molecule has 2 aromatic heterocycles. The van der Waals surface area contributed by atoms with Crippen LogP contribution in [0.5, 0.6) is 0 Å². The van der Waals surface area contributed by atoms with Crippen molar-refractivity contribution in [3.05, 3.63) is 111 Å². The van der Waals surface area contributed by atoms with E-state index in [0.29, 0.717) is 27.9 Å².